The molecule has 1 aliphatic rings. The Morgan fingerprint density at radius 1 is 1.27 bits per heavy atom. The summed E-state index contributed by atoms with van der Waals surface area (Å²) in [6.45, 7) is 8.33. The highest BCUT2D eigenvalue weighted by Gasteiger charge is 2.19. The van der Waals surface area contributed by atoms with Crippen LogP contribution in [0.3, 0.4) is 0 Å². The van der Waals surface area contributed by atoms with Crippen LogP contribution in [-0.4, -0.2) is 25.3 Å². The Hall–Kier alpha value is -0.0800. The Morgan fingerprint density at radius 3 is 2.47 bits per heavy atom. The van der Waals surface area contributed by atoms with Crippen molar-refractivity contribution in [3.8, 4) is 0 Å². The Balaban J connectivity index is 2.22. The van der Waals surface area contributed by atoms with Crippen LogP contribution in [0.2, 0.25) is 0 Å². The number of ether oxygens (including phenoxy) is 1. The molecule has 0 aromatic rings. The summed E-state index contributed by atoms with van der Waals surface area (Å²) < 4.78 is 5.70. The zero-order valence-corrected chi connectivity index (χ0v) is 10.6. The molecule has 90 valence electrons. The van der Waals surface area contributed by atoms with Crippen LogP contribution in [0.15, 0.2) is 0 Å². The molecule has 0 amide bonds. The Kier molecular flexibility index (Phi) is 6.26. The second-order valence-electron chi connectivity index (χ2n) is 5.02. The van der Waals surface area contributed by atoms with Crippen molar-refractivity contribution in [2.45, 2.75) is 65.0 Å². The number of rotatable bonds is 7. The molecule has 2 heteroatoms. The third-order valence-corrected chi connectivity index (χ3v) is 3.22. The van der Waals surface area contributed by atoms with Gasteiger partial charge in [-0.3, -0.25) is 0 Å². The smallest absolute Gasteiger partial charge is 0.0623 e. The first-order chi connectivity index (χ1) is 7.22. The summed E-state index contributed by atoms with van der Waals surface area (Å²) >= 11 is 0. The van der Waals surface area contributed by atoms with Gasteiger partial charge in [0.2, 0.25) is 0 Å². The Morgan fingerprint density at radius 2 is 1.93 bits per heavy atom. The van der Waals surface area contributed by atoms with E-state index in [9.17, 15) is 0 Å². The zero-order chi connectivity index (χ0) is 11.1. The van der Waals surface area contributed by atoms with Gasteiger partial charge in [0.15, 0.2) is 0 Å². The topological polar surface area (TPSA) is 21.3 Å². The van der Waals surface area contributed by atoms with Gasteiger partial charge >= 0.3 is 0 Å². The van der Waals surface area contributed by atoms with E-state index >= 15 is 0 Å². The highest BCUT2D eigenvalue weighted by atomic mass is 16.5. The Bertz CT molecular complexity index is 153. The molecule has 1 atom stereocenters. The van der Waals surface area contributed by atoms with Crippen LogP contribution in [0, 0.1) is 5.92 Å². The van der Waals surface area contributed by atoms with E-state index in [1.54, 1.807) is 0 Å². The third-order valence-electron chi connectivity index (χ3n) is 3.22. The number of hydrogen-bond acceptors (Lipinski definition) is 2. The summed E-state index contributed by atoms with van der Waals surface area (Å²) in [6, 6.07) is 0.570. The molecule has 0 aliphatic heterocycles. The van der Waals surface area contributed by atoms with Crippen LogP contribution in [0.4, 0.5) is 0 Å². The molecule has 1 N–H and O–H groups in total. The van der Waals surface area contributed by atoms with Gasteiger partial charge < -0.3 is 10.1 Å². The van der Waals surface area contributed by atoms with E-state index in [2.05, 4.69) is 26.1 Å². The van der Waals surface area contributed by atoms with Gasteiger partial charge in [-0.05, 0) is 32.7 Å². The fraction of sp³-hybridized carbons (Fsp3) is 1.00. The van der Waals surface area contributed by atoms with Gasteiger partial charge in [-0.15, -0.1) is 0 Å². The minimum absolute atomic E-state index is 0.356. The largest absolute Gasteiger partial charge is 0.377 e. The van der Waals surface area contributed by atoms with E-state index in [4.69, 9.17) is 4.74 Å². The second-order valence-corrected chi connectivity index (χ2v) is 5.02. The van der Waals surface area contributed by atoms with Crippen LogP contribution in [0.1, 0.15) is 52.9 Å². The molecule has 1 rings (SSSR count). The molecule has 1 saturated carbocycles. The van der Waals surface area contributed by atoms with Crippen molar-refractivity contribution in [1.29, 1.82) is 0 Å². The average Bonchev–Trinajstić information content (AvgIpc) is 2.67. The molecule has 1 fully saturated rings. The normalized spacial score (nSPS) is 20.0. The van der Waals surface area contributed by atoms with Gasteiger partial charge in [0, 0.05) is 6.04 Å². The quantitative estimate of drug-likeness (QED) is 0.702. The van der Waals surface area contributed by atoms with E-state index in [0.29, 0.717) is 12.1 Å². The molecule has 0 heterocycles. The molecule has 0 aromatic heterocycles. The fourth-order valence-corrected chi connectivity index (χ4v) is 2.46. The SMILES string of the molecule is CCNC(COC(C)C)CC1CCCC1. The van der Waals surface area contributed by atoms with Crippen LogP contribution >= 0.6 is 0 Å². The predicted molar refractivity (Wildman–Crippen MR) is 65.1 cm³/mol. The lowest BCUT2D eigenvalue weighted by Crippen LogP contribution is -2.35. The maximum absolute atomic E-state index is 5.70. The van der Waals surface area contributed by atoms with Gasteiger partial charge in [0.1, 0.15) is 0 Å². The van der Waals surface area contributed by atoms with Gasteiger partial charge in [0.05, 0.1) is 12.7 Å². The van der Waals surface area contributed by atoms with Crippen LogP contribution in [-0.2, 0) is 4.74 Å². The summed E-state index contributed by atoms with van der Waals surface area (Å²) in [5.74, 6) is 0.949. The molecule has 0 spiro atoms. The van der Waals surface area contributed by atoms with Gasteiger partial charge in [0.25, 0.3) is 0 Å². The minimum Gasteiger partial charge on any atom is -0.377 e. The van der Waals surface area contributed by atoms with Crippen molar-refractivity contribution in [3.63, 3.8) is 0 Å². The molecular weight excluding hydrogens is 186 g/mol. The van der Waals surface area contributed by atoms with Crippen LogP contribution < -0.4 is 5.32 Å². The van der Waals surface area contributed by atoms with Crippen molar-refractivity contribution in [2.75, 3.05) is 13.2 Å². The maximum atomic E-state index is 5.70. The minimum atomic E-state index is 0.356. The third kappa shape index (κ3) is 5.53. The molecule has 15 heavy (non-hydrogen) atoms. The molecular formula is C13H27NO. The standard InChI is InChI=1S/C13H27NO/c1-4-14-13(10-15-11(2)3)9-12-7-5-6-8-12/h11-14H,4-10H2,1-3H3. The first kappa shape index (κ1) is 13.0. The van der Waals surface area contributed by atoms with Gasteiger partial charge in [-0.1, -0.05) is 32.6 Å². The highest BCUT2D eigenvalue weighted by Crippen LogP contribution is 2.28. The molecule has 1 aliphatic carbocycles. The molecule has 0 radical (unpaired) electrons. The lowest BCUT2D eigenvalue weighted by Gasteiger charge is -2.22. The molecule has 0 aromatic carbocycles. The van der Waals surface area contributed by atoms with E-state index in [-0.39, 0.29) is 0 Å². The Labute approximate surface area is 94.8 Å². The van der Waals surface area contributed by atoms with E-state index in [1.165, 1.54) is 32.1 Å². The van der Waals surface area contributed by atoms with Crippen LogP contribution in [0.5, 0.6) is 0 Å². The molecule has 2 nitrogen and oxygen atoms in total. The van der Waals surface area contributed by atoms with E-state index < -0.39 is 0 Å². The summed E-state index contributed by atoms with van der Waals surface area (Å²) in [6.07, 6.45) is 7.41. The average molecular weight is 213 g/mol. The number of nitrogens with one attached hydrogen (secondary N) is 1. The van der Waals surface area contributed by atoms with Gasteiger partial charge in [-0.25, -0.2) is 0 Å². The summed E-state index contributed by atoms with van der Waals surface area (Å²) in [5, 5.41) is 3.54. The monoisotopic (exact) mass is 213 g/mol. The van der Waals surface area contributed by atoms with E-state index in [0.717, 1.165) is 19.1 Å². The second kappa shape index (κ2) is 7.24. The van der Waals surface area contributed by atoms with Crippen molar-refractivity contribution < 1.29 is 4.74 Å². The first-order valence-corrected chi connectivity index (χ1v) is 6.57. The lowest BCUT2D eigenvalue weighted by atomic mass is 9.99. The number of hydrogen-bond donors (Lipinski definition) is 1. The van der Waals surface area contributed by atoms with Crippen LogP contribution in [0.25, 0.3) is 0 Å². The zero-order valence-electron chi connectivity index (χ0n) is 10.6. The van der Waals surface area contributed by atoms with Crippen molar-refractivity contribution in [2.24, 2.45) is 5.92 Å². The van der Waals surface area contributed by atoms with Gasteiger partial charge in [-0.2, -0.15) is 0 Å². The maximum Gasteiger partial charge on any atom is 0.0623 e. The van der Waals surface area contributed by atoms with Crippen molar-refractivity contribution in [3.05, 3.63) is 0 Å². The van der Waals surface area contributed by atoms with Crippen molar-refractivity contribution in [1.82, 2.24) is 5.32 Å². The molecule has 1 unspecified atom stereocenters. The number of likely N-dealkylation sites (N-methyl/N-ethyl adjacent to an activating group) is 1. The molecule has 0 saturated heterocycles. The summed E-state index contributed by atoms with van der Waals surface area (Å²) in [4.78, 5) is 0. The summed E-state index contributed by atoms with van der Waals surface area (Å²) in [7, 11) is 0. The molecule has 0 bridgehead atoms. The van der Waals surface area contributed by atoms with Crippen molar-refractivity contribution >= 4 is 0 Å². The fourth-order valence-electron chi connectivity index (χ4n) is 2.46. The first-order valence-electron chi connectivity index (χ1n) is 6.57. The lowest BCUT2D eigenvalue weighted by molar-refractivity contribution is 0.0565. The van der Waals surface area contributed by atoms with E-state index in [1.807, 2.05) is 0 Å². The highest BCUT2D eigenvalue weighted by molar-refractivity contribution is 4.75. The predicted octanol–water partition coefficient (Wildman–Crippen LogP) is 2.97. The summed E-state index contributed by atoms with van der Waals surface area (Å²) in [5.41, 5.74) is 0.